The van der Waals surface area contributed by atoms with Gasteiger partial charge in [0.15, 0.2) is 0 Å². The smallest absolute Gasteiger partial charge is 0.0505 e. The van der Waals surface area contributed by atoms with E-state index in [1.807, 2.05) is 6.20 Å². The molecule has 0 aliphatic carbocycles. The number of pyridine rings is 1. The lowest BCUT2D eigenvalue weighted by Gasteiger charge is -2.43. The van der Waals surface area contributed by atoms with E-state index in [0.29, 0.717) is 0 Å². The summed E-state index contributed by atoms with van der Waals surface area (Å²) in [7, 11) is 0. The molecule has 1 aromatic heterocycles. The first-order valence-electron chi connectivity index (χ1n) is 7.13. The molecule has 1 aliphatic heterocycles. The molecule has 0 amide bonds. The molecule has 1 atom stereocenters. The lowest BCUT2D eigenvalue weighted by Crippen LogP contribution is -2.48. The van der Waals surface area contributed by atoms with Crippen molar-refractivity contribution in [3.05, 3.63) is 42.2 Å². The summed E-state index contributed by atoms with van der Waals surface area (Å²) in [6, 6.07) is 8.58. The molecule has 0 spiro atoms. The molecule has 1 N–H and O–H groups in total. The van der Waals surface area contributed by atoms with Gasteiger partial charge in [-0.05, 0) is 35.8 Å². The third kappa shape index (κ3) is 1.86. The van der Waals surface area contributed by atoms with Gasteiger partial charge in [-0.1, -0.05) is 45.0 Å². The maximum atomic E-state index is 4.48. The average Bonchev–Trinajstić information content (AvgIpc) is 2.88. The summed E-state index contributed by atoms with van der Waals surface area (Å²) in [6.07, 6.45) is 6.45. The van der Waals surface area contributed by atoms with Crippen LogP contribution in [0.1, 0.15) is 39.2 Å². The van der Waals surface area contributed by atoms with Crippen LogP contribution >= 0.6 is 0 Å². The zero-order valence-corrected chi connectivity index (χ0v) is 12.0. The van der Waals surface area contributed by atoms with E-state index < -0.39 is 0 Å². The van der Waals surface area contributed by atoms with Crippen molar-refractivity contribution in [1.82, 2.24) is 10.3 Å². The van der Waals surface area contributed by atoms with Crippen molar-refractivity contribution in [2.75, 3.05) is 6.54 Å². The Morgan fingerprint density at radius 1 is 1.16 bits per heavy atom. The van der Waals surface area contributed by atoms with Crippen LogP contribution in [-0.2, 0) is 5.54 Å². The summed E-state index contributed by atoms with van der Waals surface area (Å²) >= 11 is 0. The number of nitrogens with zero attached hydrogens (tertiary/aromatic N) is 1. The van der Waals surface area contributed by atoms with E-state index in [0.717, 1.165) is 6.54 Å². The largest absolute Gasteiger partial charge is 0.307 e. The Balaban J connectivity index is 2.27. The zero-order valence-electron chi connectivity index (χ0n) is 12.0. The van der Waals surface area contributed by atoms with E-state index in [9.17, 15) is 0 Å². The lowest BCUT2D eigenvalue weighted by atomic mass is 9.68. The number of rotatable bonds is 1. The fourth-order valence-corrected chi connectivity index (χ4v) is 3.47. The minimum absolute atomic E-state index is 0.0425. The number of hydrogen-bond acceptors (Lipinski definition) is 2. The van der Waals surface area contributed by atoms with Gasteiger partial charge in [0.05, 0.1) is 5.54 Å². The molecule has 2 aromatic rings. The van der Waals surface area contributed by atoms with Crippen LogP contribution in [0.5, 0.6) is 0 Å². The highest BCUT2D eigenvalue weighted by Crippen LogP contribution is 2.47. The Hall–Kier alpha value is -1.41. The second-order valence-electron chi connectivity index (χ2n) is 6.59. The van der Waals surface area contributed by atoms with Crippen molar-refractivity contribution in [2.24, 2.45) is 5.41 Å². The molecule has 19 heavy (non-hydrogen) atoms. The molecule has 100 valence electrons. The standard InChI is InChI=1S/C17H22N2/c1-16(2,3)17(9-6-10-19-17)15-12-18-11-13-7-4-5-8-14(13)15/h4-5,7-8,11-12,19H,6,9-10H2,1-3H3. The predicted molar refractivity (Wildman–Crippen MR) is 80.1 cm³/mol. The molecule has 2 nitrogen and oxygen atoms in total. The fourth-order valence-electron chi connectivity index (χ4n) is 3.47. The molecule has 0 radical (unpaired) electrons. The van der Waals surface area contributed by atoms with Crippen molar-refractivity contribution in [3.63, 3.8) is 0 Å². The van der Waals surface area contributed by atoms with Crippen LogP contribution in [0, 0.1) is 5.41 Å². The molecule has 0 saturated carbocycles. The van der Waals surface area contributed by atoms with Crippen LogP contribution in [-0.4, -0.2) is 11.5 Å². The van der Waals surface area contributed by atoms with E-state index in [-0.39, 0.29) is 11.0 Å². The maximum Gasteiger partial charge on any atom is 0.0505 e. The Bertz CT molecular complexity index is 584. The second-order valence-corrected chi connectivity index (χ2v) is 6.59. The number of nitrogens with one attached hydrogen (secondary N) is 1. The molecule has 3 rings (SSSR count). The molecule has 1 fully saturated rings. The molecule has 0 bridgehead atoms. The van der Waals surface area contributed by atoms with Crippen LogP contribution in [0.15, 0.2) is 36.7 Å². The number of benzene rings is 1. The lowest BCUT2D eigenvalue weighted by molar-refractivity contribution is 0.162. The summed E-state index contributed by atoms with van der Waals surface area (Å²) in [6.45, 7) is 8.08. The molecule has 1 unspecified atom stereocenters. The Labute approximate surface area is 115 Å². The third-order valence-corrected chi connectivity index (χ3v) is 4.56. The minimum Gasteiger partial charge on any atom is -0.307 e. The first-order valence-corrected chi connectivity index (χ1v) is 7.13. The van der Waals surface area contributed by atoms with E-state index >= 15 is 0 Å². The van der Waals surface area contributed by atoms with Gasteiger partial charge in [0.2, 0.25) is 0 Å². The van der Waals surface area contributed by atoms with Crippen molar-refractivity contribution in [3.8, 4) is 0 Å². The monoisotopic (exact) mass is 254 g/mol. The van der Waals surface area contributed by atoms with E-state index in [4.69, 9.17) is 0 Å². The topological polar surface area (TPSA) is 24.9 Å². The first kappa shape index (κ1) is 12.6. The number of hydrogen-bond donors (Lipinski definition) is 1. The van der Waals surface area contributed by atoms with Gasteiger partial charge in [0.1, 0.15) is 0 Å². The Morgan fingerprint density at radius 3 is 2.63 bits per heavy atom. The second kappa shape index (κ2) is 4.31. The number of fused-ring (bicyclic) bond motifs is 1. The predicted octanol–water partition coefficient (Wildman–Crippen LogP) is 3.86. The zero-order chi connectivity index (χ0) is 13.5. The molecule has 1 aromatic carbocycles. The summed E-state index contributed by atoms with van der Waals surface area (Å²) in [5.41, 5.74) is 1.58. The van der Waals surface area contributed by atoms with Crippen LogP contribution in [0.4, 0.5) is 0 Å². The van der Waals surface area contributed by atoms with E-state index in [1.54, 1.807) is 0 Å². The number of aromatic nitrogens is 1. The van der Waals surface area contributed by atoms with E-state index in [2.05, 4.69) is 61.5 Å². The van der Waals surface area contributed by atoms with Gasteiger partial charge in [0.25, 0.3) is 0 Å². The fraction of sp³-hybridized carbons (Fsp3) is 0.471. The Kier molecular flexibility index (Phi) is 2.86. The normalized spacial score (nSPS) is 23.9. The molecule has 2 heteroatoms. The van der Waals surface area contributed by atoms with Gasteiger partial charge in [-0.25, -0.2) is 0 Å². The molecular weight excluding hydrogens is 232 g/mol. The molecular formula is C17H22N2. The van der Waals surface area contributed by atoms with Crippen LogP contribution < -0.4 is 5.32 Å². The quantitative estimate of drug-likeness (QED) is 0.836. The first-order chi connectivity index (χ1) is 9.05. The average molecular weight is 254 g/mol. The highest BCUT2D eigenvalue weighted by atomic mass is 15.0. The van der Waals surface area contributed by atoms with Gasteiger partial charge >= 0.3 is 0 Å². The highest BCUT2D eigenvalue weighted by molar-refractivity contribution is 5.85. The van der Waals surface area contributed by atoms with Crippen LogP contribution in [0.2, 0.25) is 0 Å². The van der Waals surface area contributed by atoms with Gasteiger partial charge < -0.3 is 5.32 Å². The van der Waals surface area contributed by atoms with Crippen molar-refractivity contribution in [2.45, 2.75) is 39.2 Å². The SMILES string of the molecule is CC(C)(C)C1(c2cncc3ccccc23)CCCN1. The van der Waals surface area contributed by atoms with Crippen molar-refractivity contribution >= 4 is 10.8 Å². The van der Waals surface area contributed by atoms with E-state index in [1.165, 1.54) is 29.2 Å². The van der Waals surface area contributed by atoms with Gasteiger partial charge in [-0.15, -0.1) is 0 Å². The highest BCUT2D eigenvalue weighted by Gasteiger charge is 2.46. The maximum absolute atomic E-state index is 4.48. The Morgan fingerprint density at radius 2 is 1.95 bits per heavy atom. The molecule has 2 heterocycles. The van der Waals surface area contributed by atoms with Crippen LogP contribution in [0.25, 0.3) is 10.8 Å². The van der Waals surface area contributed by atoms with Crippen molar-refractivity contribution < 1.29 is 0 Å². The minimum atomic E-state index is 0.0425. The van der Waals surface area contributed by atoms with Gasteiger partial charge in [-0.2, -0.15) is 0 Å². The van der Waals surface area contributed by atoms with Gasteiger partial charge in [-0.3, -0.25) is 4.98 Å². The summed E-state index contributed by atoms with van der Waals surface area (Å²) in [5.74, 6) is 0. The summed E-state index contributed by atoms with van der Waals surface area (Å²) < 4.78 is 0. The van der Waals surface area contributed by atoms with Crippen LogP contribution in [0.3, 0.4) is 0 Å². The van der Waals surface area contributed by atoms with Crippen molar-refractivity contribution in [1.29, 1.82) is 0 Å². The summed E-state index contributed by atoms with van der Waals surface area (Å²) in [5, 5.41) is 6.35. The molecule has 1 saturated heterocycles. The summed E-state index contributed by atoms with van der Waals surface area (Å²) in [4.78, 5) is 4.48. The molecule has 1 aliphatic rings. The van der Waals surface area contributed by atoms with Gasteiger partial charge in [0, 0.05) is 17.8 Å². The third-order valence-electron chi connectivity index (χ3n) is 4.56.